The van der Waals surface area contributed by atoms with Crippen LogP contribution in [-0.4, -0.2) is 31.0 Å². The van der Waals surface area contributed by atoms with E-state index in [1.165, 1.54) is 19.1 Å². The zero-order chi connectivity index (χ0) is 22.1. The van der Waals surface area contributed by atoms with Crippen molar-refractivity contribution in [1.82, 2.24) is 0 Å². The number of aryl methyl sites for hydroxylation is 1. The smallest absolute Gasteiger partial charge is 0.300 e. The highest BCUT2D eigenvalue weighted by molar-refractivity contribution is 6.51. The molecule has 1 aliphatic rings. The van der Waals surface area contributed by atoms with Gasteiger partial charge in [0.25, 0.3) is 11.7 Å². The van der Waals surface area contributed by atoms with E-state index in [4.69, 9.17) is 13.9 Å². The van der Waals surface area contributed by atoms with Crippen molar-refractivity contribution in [2.75, 3.05) is 19.1 Å². The summed E-state index contributed by atoms with van der Waals surface area (Å²) >= 11 is 0. The number of methoxy groups -OCH3 is 2. The van der Waals surface area contributed by atoms with Gasteiger partial charge in [-0.25, -0.2) is 0 Å². The first kappa shape index (κ1) is 20.3. The quantitative estimate of drug-likeness (QED) is 0.378. The predicted molar refractivity (Wildman–Crippen MR) is 114 cm³/mol. The highest BCUT2D eigenvalue weighted by atomic mass is 16.5. The molecule has 4 rings (SSSR count). The molecule has 1 aromatic heterocycles. The zero-order valence-corrected chi connectivity index (χ0v) is 17.3. The van der Waals surface area contributed by atoms with Gasteiger partial charge in [-0.05, 0) is 43.3 Å². The topological polar surface area (TPSA) is 89.2 Å². The van der Waals surface area contributed by atoms with Crippen molar-refractivity contribution in [3.05, 3.63) is 83.3 Å². The number of anilines is 1. The first-order valence-electron chi connectivity index (χ1n) is 9.61. The van der Waals surface area contributed by atoms with Gasteiger partial charge in [-0.1, -0.05) is 18.2 Å². The van der Waals surface area contributed by atoms with Crippen LogP contribution in [0.3, 0.4) is 0 Å². The van der Waals surface area contributed by atoms with E-state index < -0.39 is 17.7 Å². The Morgan fingerprint density at radius 2 is 1.77 bits per heavy atom. The van der Waals surface area contributed by atoms with Crippen LogP contribution < -0.4 is 14.4 Å². The third kappa shape index (κ3) is 3.44. The number of para-hydroxylation sites is 1. The maximum atomic E-state index is 13.1. The molecule has 0 spiro atoms. The molecular formula is C24H21NO6. The number of ketones is 1. The molecule has 1 saturated heterocycles. The number of carbonyl (C=O) groups excluding carboxylic acids is 2. The summed E-state index contributed by atoms with van der Waals surface area (Å²) in [6.07, 6.45) is 0. The highest BCUT2D eigenvalue weighted by Crippen LogP contribution is 2.44. The number of hydrogen-bond acceptors (Lipinski definition) is 6. The summed E-state index contributed by atoms with van der Waals surface area (Å²) in [5.41, 5.74) is 0.674. The zero-order valence-electron chi connectivity index (χ0n) is 17.3. The fraction of sp³-hybridized carbons (Fsp3) is 0.167. The molecule has 31 heavy (non-hydrogen) atoms. The molecule has 1 amide bonds. The number of amides is 1. The lowest BCUT2D eigenvalue weighted by molar-refractivity contribution is -0.132. The molecule has 0 radical (unpaired) electrons. The van der Waals surface area contributed by atoms with Gasteiger partial charge in [0, 0.05) is 11.8 Å². The highest BCUT2D eigenvalue weighted by Gasteiger charge is 2.48. The molecule has 158 valence electrons. The fourth-order valence-corrected chi connectivity index (χ4v) is 3.71. The summed E-state index contributed by atoms with van der Waals surface area (Å²) < 4.78 is 16.4. The second kappa shape index (κ2) is 8.02. The second-order valence-electron chi connectivity index (χ2n) is 7.02. The van der Waals surface area contributed by atoms with E-state index in [1.807, 2.05) is 0 Å². The third-order valence-electron chi connectivity index (χ3n) is 5.17. The maximum absolute atomic E-state index is 13.1. The summed E-state index contributed by atoms with van der Waals surface area (Å²) in [4.78, 5) is 27.5. The van der Waals surface area contributed by atoms with Crippen molar-refractivity contribution < 1.29 is 28.6 Å². The predicted octanol–water partition coefficient (Wildman–Crippen LogP) is 4.23. The molecule has 1 atom stereocenters. The molecule has 2 aromatic carbocycles. The van der Waals surface area contributed by atoms with Crippen LogP contribution in [0.25, 0.3) is 5.76 Å². The Morgan fingerprint density at radius 1 is 1.00 bits per heavy atom. The summed E-state index contributed by atoms with van der Waals surface area (Å²) in [5, 5.41) is 11.2. The van der Waals surface area contributed by atoms with Gasteiger partial charge in [-0.15, -0.1) is 0 Å². The number of hydrogen-bond donors (Lipinski definition) is 1. The number of rotatable bonds is 5. The largest absolute Gasteiger partial charge is 0.507 e. The van der Waals surface area contributed by atoms with Crippen LogP contribution in [0, 0.1) is 6.92 Å². The van der Waals surface area contributed by atoms with Gasteiger partial charge >= 0.3 is 0 Å². The SMILES string of the molecule is COc1cccc(N2C(=O)C(=O)/C(=C(\O)c3ccccc3OC)C2c2ccc(C)o2)c1. The maximum Gasteiger partial charge on any atom is 0.300 e. The van der Waals surface area contributed by atoms with Gasteiger partial charge in [0.05, 0.1) is 25.4 Å². The molecule has 1 aliphatic heterocycles. The van der Waals surface area contributed by atoms with Crippen LogP contribution in [0.1, 0.15) is 23.1 Å². The standard InChI is InChI=1S/C24H21NO6/c1-14-11-12-19(31-14)21-20(22(26)17-9-4-5-10-18(17)30-3)23(27)24(28)25(21)15-7-6-8-16(13-15)29-2/h4-13,21,26H,1-3H3/b22-20-. The Morgan fingerprint density at radius 3 is 2.45 bits per heavy atom. The van der Waals surface area contributed by atoms with Gasteiger partial charge in [-0.3, -0.25) is 14.5 Å². The van der Waals surface area contributed by atoms with Crippen molar-refractivity contribution in [3.8, 4) is 11.5 Å². The van der Waals surface area contributed by atoms with Gasteiger partial charge in [0.15, 0.2) is 0 Å². The monoisotopic (exact) mass is 419 g/mol. The van der Waals surface area contributed by atoms with Crippen LogP contribution in [-0.2, 0) is 9.59 Å². The number of benzene rings is 2. The Hall–Kier alpha value is -4.00. The van der Waals surface area contributed by atoms with Gasteiger partial charge < -0.3 is 19.0 Å². The Kier molecular flexibility index (Phi) is 5.25. The molecule has 7 nitrogen and oxygen atoms in total. The number of carbonyl (C=O) groups is 2. The second-order valence-corrected chi connectivity index (χ2v) is 7.02. The van der Waals surface area contributed by atoms with Crippen LogP contribution in [0.4, 0.5) is 5.69 Å². The van der Waals surface area contributed by atoms with E-state index in [2.05, 4.69) is 0 Å². The minimum atomic E-state index is -0.953. The van der Waals surface area contributed by atoms with Crippen LogP contribution in [0.5, 0.6) is 11.5 Å². The molecule has 2 heterocycles. The number of aliphatic hydroxyl groups excluding tert-OH is 1. The van der Waals surface area contributed by atoms with Gasteiger partial charge in [0.2, 0.25) is 0 Å². The molecule has 7 heteroatoms. The van der Waals surface area contributed by atoms with E-state index in [9.17, 15) is 14.7 Å². The minimum Gasteiger partial charge on any atom is -0.507 e. The average molecular weight is 419 g/mol. The first-order chi connectivity index (χ1) is 15.0. The lowest BCUT2D eigenvalue weighted by atomic mass is 9.98. The summed E-state index contributed by atoms with van der Waals surface area (Å²) in [7, 11) is 2.98. The number of ether oxygens (including phenoxy) is 2. The minimum absolute atomic E-state index is 0.0772. The molecule has 1 N–H and O–H groups in total. The lowest BCUT2D eigenvalue weighted by Crippen LogP contribution is -2.29. The van der Waals surface area contributed by atoms with Gasteiger partial charge in [-0.2, -0.15) is 0 Å². The van der Waals surface area contributed by atoms with Crippen molar-refractivity contribution >= 4 is 23.1 Å². The number of Topliss-reactive ketones (excluding diaryl/α,β-unsaturated/α-hetero) is 1. The molecule has 3 aromatic rings. The van der Waals surface area contributed by atoms with E-state index in [1.54, 1.807) is 67.6 Å². The van der Waals surface area contributed by atoms with Crippen molar-refractivity contribution in [1.29, 1.82) is 0 Å². The normalized spacial score (nSPS) is 17.8. The third-order valence-corrected chi connectivity index (χ3v) is 5.17. The molecule has 1 unspecified atom stereocenters. The number of aliphatic hydroxyl groups is 1. The van der Waals surface area contributed by atoms with E-state index in [0.717, 1.165) is 0 Å². The number of furan rings is 1. The molecular weight excluding hydrogens is 398 g/mol. The van der Waals surface area contributed by atoms with Gasteiger partial charge in [0.1, 0.15) is 34.8 Å². The van der Waals surface area contributed by atoms with E-state index in [-0.39, 0.29) is 11.3 Å². The Balaban J connectivity index is 1.96. The Labute approximate surface area is 179 Å². The van der Waals surface area contributed by atoms with Crippen molar-refractivity contribution in [2.45, 2.75) is 13.0 Å². The average Bonchev–Trinajstić information content (AvgIpc) is 3.34. The Bertz CT molecular complexity index is 1190. The molecule has 0 bridgehead atoms. The summed E-state index contributed by atoms with van der Waals surface area (Å²) in [5.74, 6) is -0.0470. The van der Waals surface area contributed by atoms with E-state index in [0.29, 0.717) is 34.3 Å². The van der Waals surface area contributed by atoms with Crippen LogP contribution >= 0.6 is 0 Å². The molecule has 1 fully saturated rings. The summed E-state index contributed by atoms with van der Waals surface area (Å²) in [6.45, 7) is 1.77. The van der Waals surface area contributed by atoms with E-state index >= 15 is 0 Å². The first-order valence-corrected chi connectivity index (χ1v) is 9.61. The van der Waals surface area contributed by atoms with Crippen molar-refractivity contribution in [2.24, 2.45) is 0 Å². The summed E-state index contributed by atoms with van der Waals surface area (Å²) in [6, 6.07) is 16.0. The molecule has 0 aliphatic carbocycles. The van der Waals surface area contributed by atoms with Crippen molar-refractivity contribution in [3.63, 3.8) is 0 Å². The fourth-order valence-electron chi connectivity index (χ4n) is 3.71. The number of nitrogens with zero attached hydrogens (tertiary/aromatic N) is 1. The van der Waals surface area contributed by atoms with Crippen LogP contribution in [0.15, 0.2) is 70.7 Å². The lowest BCUT2D eigenvalue weighted by Gasteiger charge is -2.24. The molecule has 0 saturated carbocycles. The van der Waals surface area contributed by atoms with Crippen LogP contribution in [0.2, 0.25) is 0 Å².